The van der Waals surface area contributed by atoms with E-state index < -0.39 is 21.8 Å². The highest BCUT2D eigenvalue weighted by Crippen LogP contribution is 2.37. The van der Waals surface area contributed by atoms with E-state index in [4.69, 9.17) is 20.3 Å². The fourth-order valence-corrected chi connectivity index (χ4v) is 3.85. The predicted molar refractivity (Wildman–Crippen MR) is 123 cm³/mol. The van der Waals surface area contributed by atoms with Gasteiger partial charge >= 0.3 is 5.97 Å². The van der Waals surface area contributed by atoms with Gasteiger partial charge in [0.15, 0.2) is 11.6 Å². The van der Waals surface area contributed by atoms with Gasteiger partial charge < -0.3 is 20.3 Å². The first-order valence-electron chi connectivity index (χ1n) is 9.64. The SMILES string of the molecule is C#C.CC.CCC(=O)O.COc1cc(S(=O)(=O)N2CCOc3ccc(N)cc32)ccc1F. The first kappa shape index (κ1) is 28.5. The van der Waals surface area contributed by atoms with Crippen molar-refractivity contribution in [2.24, 2.45) is 0 Å². The standard InChI is InChI=1S/C15H15FN2O4S.C3H6O2.C2H6.C2H2/c1-21-15-9-11(3-4-12(15)16)23(19,20)18-6-7-22-14-5-2-10(17)8-13(14)18;1-2-3(4)5;2*1-2/h2-5,8-9H,6-7,17H2,1H3;2H2,1H3,(H,4,5);1-2H3;1-2H. The lowest BCUT2D eigenvalue weighted by molar-refractivity contribution is -0.136. The van der Waals surface area contributed by atoms with E-state index in [1.165, 1.54) is 23.5 Å². The zero-order valence-corrected chi connectivity index (χ0v) is 19.4. The van der Waals surface area contributed by atoms with Crippen molar-refractivity contribution in [2.45, 2.75) is 32.1 Å². The number of nitrogens with two attached hydrogens (primary N) is 1. The smallest absolute Gasteiger partial charge is 0.303 e. The van der Waals surface area contributed by atoms with Gasteiger partial charge in [-0.3, -0.25) is 9.10 Å². The Morgan fingerprint density at radius 2 is 1.84 bits per heavy atom. The number of methoxy groups -OCH3 is 1. The first-order valence-corrected chi connectivity index (χ1v) is 11.1. The van der Waals surface area contributed by atoms with Crippen molar-refractivity contribution < 1.29 is 32.2 Å². The monoisotopic (exact) mass is 468 g/mol. The maximum atomic E-state index is 13.5. The number of aliphatic carboxylic acids is 1. The third-order valence-corrected chi connectivity index (χ3v) is 5.63. The molecule has 3 N–H and O–H groups in total. The van der Waals surface area contributed by atoms with E-state index in [1.807, 2.05) is 13.8 Å². The summed E-state index contributed by atoms with van der Waals surface area (Å²) >= 11 is 0. The Bertz CT molecular complexity index is 1010. The lowest BCUT2D eigenvalue weighted by Crippen LogP contribution is -2.38. The molecule has 0 unspecified atom stereocenters. The van der Waals surface area contributed by atoms with Crippen LogP contribution < -0.4 is 19.5 Å². The van der Waals surface area contributed by atoms with Gasteiger partial charge in [0.1, 0.15) is 12.4 Å². The molecule has 10 heteroatoms. The van der Waals surface area contributed by atoms with Crippen LogP contribution in [-0.2, 0) is 14.8 Å². The Balaban J connectivity index is 0.000000928. The van der Waals surface area contributed by atoms with Gasteiger partial charge in [-0.2, -0.15) is 0 Å². The van der Waals surface area contributed by atoms with Gasteiger partial charge in [-0.25, -0.2) is 12.8 Å². The van der Waals surface area contributed by atoms with Crippen LogP contribution in [-0.4, -0.2) is 39.8 Å². The normalized spacial score (nSPS) is 11.5. The average molecular weight is 469 g/mol. The largest absolute Gasteiger partial charge is 0.494 e. The zero-order chi connectivity index (χ0) is 24.9. The molecule has 1 aliphatic heterocycles. The lowest BCUT2D eigenvalue weighted by atomic mass is 10.2. The van der Waals surface area contributed by atoms with Crippen molar-refractivity contribution in [3.63, 3.8) is 0 Å². The molecule has 0 spiro atoms. The fraction of sp³-hybridized carbons (Fsp3) is 0.318. The number of carboxylic acid groups (broad SMARTS) is 1. The van der Waals surface area contributed by atoms with Crippen LogP contribution in [0.2, 0.25) is 0 Å². The van der Waals surface area contributed by atoms with Crippen LogP contribution in [0.3, 0.4) is 0 Å². The summed E-state index contributed by atoms with van der Waals surface area (Å²) in [6, 6.07) is 8.22. The molecule has 2 aromatic rings. The molecule has 0 atom stereocenters. The number of nitrogens with zero attached hydrogens (tertiary/aromatic N) is 1. The summed E-state index contributed by atoms with van der Waals surface area (Å²) in [5.74, 6) is -1.07. The number of terminal acetylenes is 1. The van der Waals surface area contributed by atoms with Crippen molar-refractivity contribution in [3.8, 4) is 24.3 Å². The van der Waals surface area contributed by atoms with Crippen molar-refractivity contribution in [3.05, 3.63) is 42.2 Å². The molecule has 0 aliphatic carbocycles. The summed E-state index contributed by atoms with van der Waals surface area (Å²) < 4.78 is 50.8. The van der Waals surface area contributed by atoms with Crippen LogP contribution in [0.5, 0.6) is 11.5 Å². The second kappa shape index (κ2) is 13.8. The fourth-order valence-electron chi connectivity index (χ4n) is 2.39. The number of fused-ring (bicyclic) bond motifs is 1. The van der Waals surface area contributed by atoms with Crippen LogP contribution >= 0.6 is 0 Å². The van der Waals surface area contributed by atoms with Crippen LogP contribution in [0.15, 0.2) is 41.3 Å². The Hall–Kier alpha value is -3.45. The number of anilines is 2. The number of hydrogen-bond acceptors (Lipinski definition) is 6. The Morgan fingerprint density at radius 1 is 1.25 bits per heavy atom. The van der Waals surface area contributed by atoms with Crippen molar-refractivity contribution in [1.82, 2.24) is 0 Å². The van der Waals surface area contributed by atoms with Gasteiger partial charge in [-0.05, 0) is 30.3 Å². The van der Waals surface area contributed by atoms with Gasteiger partial charge in [0.05, 0.1) is 24.2 Å². The van der Waals surface area contributed by atoms with E-state index in [1.54, 1.807) is 19.1 Å². The summed E-state index contributed by atoms with van der Waals surface area (Å²) in [6.45, 7) is 5.95. The third kappa shape index (κ3) is 7.35. The number of halogens is 1. The summed E-state index contributed by atoms with van der Waals surface area (Å²) in [5, 5.41) is 7.72. The minimum Gasteiger partial charge on any atom is -0.494 e. The second-order valence-electron chi connectivity index (χ2n) is 5.70. The highest BCUT2D eigenvalue weighted by atomic mass is 32.2. The van der Waals surface area contributed by atoms with Gasteiger partial charge in [0.25, 0.3) is 10.0 Å². The number of rotatable bonds is 4. The van der Waals surface area contributed by atoms with Crippen molar-refractivity contribution in [2.75, 3.05) is 30.3 Å². The van der Waals surface area contributed by atoms with E-state index in [0.29, 0.717) is 17.1 Å². The Morgan fingerprint density at radius 3 is 2.38 bits per heavy atom. The van der Waals surface area contributed by atoms with E-state index >= 15 is 0 Å². The molecule has 3 rings (SSSR count). The highest BCUT2D eigenvalue weighted by Gasteiger charge is 2.31. The van der Waals surface area contributed by atoms with Crippen LogP contribution in [0.1, 0.15) is 27.2 Å². The van der Waals surface area contributed by atoms with E-state index in [2.05, 4.69) is 12.8 Å². The van der Waals surface area contributed by atoms with E-state index in [9.17, 15) is 17.6 Å². The van der Waals surface area contributed by atoms with E-state index in [0.717, 1.165) is 12.1 Å². The Kier molecular flexibility index (Phi) is 12.3. The van der Waals surface area contributed by atoms with Gasteiger partial charge in [0, 0.05) is 18.2 Å². The molecule has 0 saturated heterocycles. The van der Waals surface area contributed by atoms with Gasteiger partial charge in [-0.15, -0.1) is 12.8 Å². The number of nitrogen functional groups attached to an aromatic ring is 1. The molecule has 1 heterocycles. The number of benzene rings is 2. The molecule has 0 fully saturated rings. The lowest BCUT2D eigenvalue weighted by Gasteiger charge is -2.30. The quantitative estimate of drug-likeness (QED) is 0.518. The second-order valence-corrected chi connectivity index (χ2v) is 7.56. The van der Waals surface area contributed by atoms with Crippen molar-refractivity contribution >= 4 is 27.4 Å². The molecule has 0 bridgehead atoms. The molecular weight excluding hydrogens is 439 g/mol. The summed E-state index contributed by atoms with van der Waals surface area (Å²) in [7, 11) is -2.61. The molecular formula is C22H29FN2O6S. The number of carbonyl (C=O) groups is 1. The van der Waals surface area contributed by atoms with Crippen LogP contribution in [0.25, 0.3) is 0 Å². The molecule has 2 aromatic carbocycles. The molecule has 1 aliphatic rings. The zero-order valence-electron chi connectivity index (χ0n) is 18.5. The van der Waals surface area contributed by atoms with Gasteiger partial charge in [-0.1, -0.05) is 20.8 Å². The minimum atomic E-state index is -3.89. The highest BCUT2D eigenvalue weighted by molar-refractivity contribution is 7.92. The topological polar surface area (TPSA) is 119 Å². The Labute approximate surface area is 188 Å². The first-order chi connectivity index (χ1) is 15.2. The maximum absolute atomic E-state index is 13.5. The third-order valence-electron chi connectivity index (χ3n) is 3.82. The molecule has 32 heavy (non-hydrogen) atoms. The molecule has 0 aromatic heterocycles. The maximum Gasteiger partial charge on any atom is 0.303 e. The summed E-state index contributed by atoms with van der Waals surface area (Å²) in [6.07, 6.45) is 8.22. The molecule has 8 nitrogen and oxygen atoms in total. The number of ether oxygens (including phenoxy) is 2. The van der Waals surface area contributed by atoms with Crippen LogP contribution in [0.4, 0.5) is 15.8 Å². The van der Waals surface area contributed by atoms with Gasteiger partial charge in [0.2, 0.25) is 0 Å². The molecule has 0 radical (unpaired) electrons. The average Bonchev–Trinajstić information content (AvgIpc) is 2.81. The summed E-state index contributed by atoms with van der Waals surface area (Å²) in [5.41, 5.74) is 6.53. The summed E-state index contributed by atoms with van der Waals surface area (Å²) in [4.78, 5) is 9.30. The molecule has 0 saturated carbocycles. The molecule has 0 amide bonds. The number of sulfonamides is 1. The van der Waals surface area contributed by atoms with Crippen molar-refractivity contribution in [1.29, 1.82) is 0 Å². The molecule has 176 valence electrons. The number of carboxylic acids is 1. The number of hydrogen-bond donors (Lipinski definition) is 2. The van der Waals surface area contributed by atoms with Crippen LogP contribution in [0, 0.1) is 18.7 Å². The van der Waals surface area contributed by atoms with E-state index in [-0.39, 0.29) is 30.2 Å². The minimum absolute atomic E-state index is 0.0639. The predicted octanol–water partition coefficient (Wildman–Crippen LogP) is 3.76.